The second-order valence-electron chi connectivity index (χ2n) is 6.70. The Hall–Kier alpha value is -4.76. The highest BCUT2D eigenvalue weighted by Gasteiger charge is 2.27. The lowest BCUT2D eigenvalue weighted by molar-refractivity contribution is -0.402. The number of carbonyl (C=O) groups excluding carboxylic acids is 4. The maximum absolute atomic E-state index is 12.2. The topological polar surface area (TPSA) is 206 Å². The normalized spacial score (nSPS) is 13.3. The van der Waals surface area contributed by atoms with Crippen LogP contribution < -0.4 is 0 Å². The fourth-order valence-electron chi connectivity index (χ4n) is 2.86. The van der Waals surface area contributed by atoms with Crippen LogP contribution in [0.25, 0.3) is 0 Å². The molecule has 0 aliphatic carbocycles. The predicted molar refractivity (Wildman–Crippen MR) is 104 cm³/mol. The fourth-order valence-corrected chi connectivity index (χ4v) is 2.86. The lowest BCUT2D eigenvalue weighted by atomic mass is 10.3. The first-order chi connectivity index (χ1) is 16.2. The summed E-state index contributed by atoms with van der Waals surface area (Å²) in [6.45, 7) is -0.791. The molecule has 0 N–H and O–H groups in total. The van der Waals surface area contributed by atoms with Gasteiger partial charge in [-0.05, 0) is 12.1 Å². The molecule has 1 saturated heterocycles. The smallest absolute Gasteiger partial charge is 0.433 e. The number of hydrogen-bond donors (Lipinski definition) is 0. The van der Waals surface area contributed by atoms with Gasteiger partial charge in [0.25, 0.3) is 11.8 Å². The zero-order valence-electron chi connectivity index (χ0n) is 17.2. The Morgan fingerprint density at radius 1 is 0.735 bits per heavy atom. The van der Waals surface area contributed by atoms with E-state index in [1.54, 1.807) is 0 Å². The number of furan rings is 2. The van der Waals surface area contributed by atoms with Crippen LogP contribution in [0.2, 0.25) is 0 Å². The Labute approximate surface area is 188 Å². The summed E-state index contributed by atoms with van der Waals surface area (Å²) in [5, 5.41) is 21.1. The zero-order chi connectivity index (χ0) is 24.8. The van der Waals surface area contributed by atoms with E-state index in [0.29, 0.717) is 0 Å². The van der Waals surface area contributed by atoms with Crippen LogP contribution in [0, 0.1) is 20.2 Å². The van der Waals surface area contributed by atoms with Crippen molar-refractivity contribution in [2.45, 2.75) is 0 Å². The Bertz CT molecular complexity index is 1040. The Morgan fingerprint density at radius 3 is 1.38 bits per heavy atom. The SMILES string of the molecule is O=C(OCC(=O)N1CCN(C(=O)COC(=O)c2ccc([N+](=O)[O-])o2)CC1)c1ccc([N+](=O)[O-])o1. The van der Waals surface area contributed by atoms with Gasteiger partial charge in [0.15, 0.2) is 13.2 Å². The van der Waals surface area contributed by atoms with Crippen molar-refractivity contribution in [1.29, 1.82) is 0 Å². The van der Waals surface area contributed by atoms with Crippen molar-refractivity contribution in [3.05, 3.63) is 56.0 Å². The molecule has 1 aliphatic heterocycles. The fraction of sp³-hybridized carbons (Fsp3) is 0.333. The molecule has 1 fully saturated rings. The van der Waals surface area contributed by atoms with Crippen molar-refractivity contribution in [3.63, 3.8) is 0 Å². The van der Waals surface area contributed by atoms with Crippen molar-refractivity contribution >= 4 is 35.5 Å². The third-order valence-electron chi connectivity index (χ3n) is 4.58. The molecule has 1 aliphatic rings. The molecule has 3 heterocycles. The first-order valence-corrected chi connectivity index (χ1v) is 9.54. The van der Waals surface area contributed by atoms with E-state index in [0.717, 1.165) is 24.3 Å². The van der Waals surface area contributed by atoms with Gasteiger partial charge < -0.3 is 28.1 Å². The minimum absolute atomic E-state index is 0.118. The minimum Gasteiger partial charge on any atom is -0.450 e. The summed E-state index contributed by atoms with van der Waals surface area (Å²) in [6, 6.07) is 4.05. The Kier molecular flexibility index (Phi) is 7.20. The molecule has 0 radical (unpaired) electrons. The zero-order valence-corrected chi connectivity index (χ0v) is 17.2. The summed E-state index contributed by atoms with van der Waals surface area (Å²) in [4.78, 5) is 70.3. The number of ether oxygens (including phenoxy) is 2. The molecule has 0 spiro atoms. The van der Waals surface area contributed by atoms with E-state index in [1.807, 2.05) is 0 Å². The van der Waals surface area contributed by atoms with Crippen LogP contribution in [-0.4, -0.2) is 82.8 Å². The van der Waals surface area contributed by atoms with Crippen molar-refractivity contribution in [3.8, 4) is 0 Å². The van der Waals surface area contributed by atoms with E-state index >= 15 is 0 Å². The van der Waals surface area contributed by atoms with Gasteiger partial charge in [-0.1, -0.05) is 0 Å². The Morgan fingerprint density at radius 2 is 1.09 bits per heavy atom. The van der Waals surface area contributed by atoms with E-state index in [1.165, 1.54) is 9.80 Å². The summed E-state index contributed by atoms with van der Waals surface area (Å²) in [5.74, 6) is -5.31. The third kappa shape index (κ3) is 5.72. The third-order valence-corrected chi connectivity index (χ3v) is 4.58. The van der Waals surface area contributed by atoms with Crippen LogP contribution in [0.5, 0.6) is 0 Å². The number of piperazine rings is 1. The molecule has 0 bridgehead atoms. The second kappa shape index (κ2) is 10.2. The number of nitro groups is 2. The second-order valence-corrected chi connectivity index (χ2v) is 6.70. The quantitative estimate of drug-likeness (QED) is 0.285. The summed E-state index contributed by atoms with van der Waals surface area (Å²) in [7, 11) is 0. The molecule has 2 amide bonds. The lowest BCUT2D eigenvalue weighted by Crippen LogP contribution is -2.52. The maximum Gasteiger partial charge on any atom is 0.433 e. The first-order valence-electron chi connectivity index (χ1n) is 9.54. The molecule has 16 heteroatoms. The van der Waals surface area contributed by atoms with Crippen molar-refractivity contribution in [1.82, 2.24) is 9.80 Å². The minimum atomic E-state index is -1.04. The van der Waals surface area contributed by atoms with Crippen LogP contribution >= 0.6 is 0 Å². The number of amides is 2. The molecule has 2 aromatic rings. The molecule has 0 atom stereocenters. The van der Waals surface area contributed by atoms with Gasteiger partial charge in [0.2, 0.25) is 11.5 Å². The Balaban J connectivity index is 1.39. The first kappa shape index (κ1) is 23.9. The highest BCUT2D eigenvalue weighted by molar-refractivity contribution is 5.90. The van der Waals surface area contributed by atoms with Crippen LogP contribution in [0.1, 0.15) is 21.1 Å². The number of nitrogens with zero attached hydrogens (tertiary/aromatic N) is 4. The molecule has 180 valence electrons. The van der Waals surface area contributed by atoms with Gasteiger partial charge in [-0.25, -0.2) is 9.59 Å². The summed E-state index contributed by atoms with van der Waals surface area (Å²) >= 11 is 0. The van der Waals surface area contributed by atoms with E-state index in [4.69, 9.17) is 18.3 Å². The van der Waals surface area contributed by atoms with Crippen LogP contribution in [0.4, 0.5) is 11.8 Å². The van der Waals surface area contributed by atoms with Gasteiger partial charge in [-0.15, -0.1) is 0 Å². The molecule has 2 aromatic heterocycles. The molecule has 34 heavy (non-hydrogen) atoms. The number of carbonyl (C=O) groups is 4. The lowest BCUT2D eigenvalue weighted by Gasteiger charge is -2.34. The maximum atomic E-state index is 12.2. The van der Waals surface area contributed by atoms with Crippen LogP contribution in [-0.2, 0) is 19.1 Å². The van der Waals surface area contributed by atoms with Gasteiger partial charge in [-0.3, -0.25) is 29.8 Å². The van der Waals surface area contributed by atoms with E-state index in [-0.39, 0.29) is 26.2 Å². The average molecular weight is 480 g/mol. The molecular weight excluding hydrogens is 464 g/mol. The van der Waals surface area contributed by atoms with E-state index in [9.17, 15) is 39.4 Å². The van der Waals surface area contributed by atoms with E-state index in [2.05, 4.69) is 0 Å². The van der Waals surface area contributed by atoms with Crippen LogP contribution in [0.15, 0.2) is 33.1 Å². The molecule has 0 unspecified atom stereocenters. The highest BCUT2D eigenvalue weighted by Crippen LogP contribution is 2.17. The van der Waals surface area contributed by atoms with Gasteiger partial charge in [0.1, 0.15) is 9.85 Å². The molecular formula is C18H16N4O12. The largest absolute Gasteiger partial charge is 0.450 e. The van der Waals surface area contributed by atoms with Gasteiger partial charge in [-0.2, -0.15) is 0 Å². The monoisotopic (exact) mass is 480 g/mol. The molecule has 16 nitrogen and oxygen atoms in total. The molecule has 3 rings (SSSR count). The van der Waals surface area contributed by atoms with Crippen molar-refractivity contribution in [2.75, 3.05) is 39.4 Å². The van der Waals surface area contributed by atoms with Crippen molar-refractivity contribution < 1.29 is 47.3 Å². The average Bonchev–Trinajstić information content (AvgIpc) is 3.51. The highest BCUT2D eigenvalue weighted by atomic mass is 16.7. The van der Waals surface area contributed by atoms with Gasteiger partial charge >= 0.3 is 23.7 Å². The van der Waals surface area contributed by atoms with Crippen LogP contribution in [0.3, 0.4) is 0 Å². The summed E-state index contributed by atoms with van der Waals surface area (Å²) in [5.41, 5.74) is 0. The molecule has 0 aromatic carbocycles. The summed E-state index contributed by atoms with van der Waals surface area (Å²) < 4.78 is 19.0. The van der Waals surface area contributed by atoms with Gasteiger partial charge in [0.05, 0.1) is 12.1 Å². The number of esters is 2. The predicted octanol–water partition coefficient (Wildman–Crippen LogP) is 0.374. The molecule has 0 saturated carbocycles. The number of rotatable bonds is 8. The van der Waals surface area contributed by atoms with Crippen molar-refractivity contribution in [2.24, 2.45) is 0 Å². The van der Waals surface area contributed by atoms with Gasteiger partial charge in [0, 0.05) is 26.2 Å². The summed E-state index contributed by atoms with van der Waals surface area (Å²) in [6.07, 6.45) is 0. The van der Waals surface area contributed by atoms with E-state index < -0.39 is 70.1 Å². The number of hydrogen-bond acceptors (Lipinski definition) is 12. The standard InChI is InChI=1S/C18H16N4O12/c23-13(9-31-17(25)11-1-3-15(33-11)21(27)28)19-5-7-20(8-6-19)14(24)10-32-18(26)12-2-4-16(34-12)22(29)30/h1-4H,5-10H2.